The van der Waals surface area contributed by atoms with Crippen LogP contribution in [0.4, 0.5) is 11.4 Å². The zero-order valence-electron chi connectivity index (χ0n) is 12.3. The molecule has 1 unspecified atom stereocenters. The van der Waals surface area contributed by atoms with Crippen LogP contribution in [0.25, 0.3) is 0 Å². The van der Waals surface area contributed by atoms with Crippen molar-refractivity contribution in [1.29, 1.82) is 0 Å². The van der Waals surface area contributed by atoms with Gasteiger partial charge in [0.15, 0.2) is 0 Å². The second-order valence-corrected chi connectivity index (χ2v) is 5.68. The highest BCUT2D eigenvalue weighted by molar-refractivity contribution is 6.06. The molecule has 0 bridgehead atoms. The van der Waals surface area contributed by atoms with E-state index in [4.69, 9.17) is 0 Å². The van der Waals surface area contributed by atoms with Crippen molar-refractivity contribution in [2.45, 2.75) is 38.6 Å². The fourth-order valence-corrected chi connectivity index (χ4v) is 3.05. The molecular formula is C16H21N3O2. The fraction of sp³-hybridized carbons (Fsp3) is 0.500. The van der Waals surface area contributed by atoms with E-state index in [9.17, 15) is 9.59 Å². The van der Waals surface area contributed by atoms with Crippen LogP contribution in [0.5, 0.6) is 0 Å². The van der Waals surface area contributed by atoms with E-state index in [0.717, 1.165) is 43.6 Å². The number of amides is 2. The SMILES string of the molecule is CCCCNC(=O)c1ccc2c(c1)NC(=O)C1CCCN21. The molecule has 0 spiro atoms. The van der Waals surface area contributed by atoms with E-state index in [-0.39, 0.29) is 17.9 Å². The molecule has 112 valence electrons. The molecule has 0 saturated carbocycles. The molecule has 3 rings (SSSR count). The smallest absolute Gasteiger partial charge is 0.251 e. The van der Waals surface area contributed by atoms with Gasteiger partial charge in [-0.1, -0.05) is 13.3 Å². The Labute approximate surface area is 124 Å². The molecule has 0 aliphatic carbocycles. The van der Waals surface area contributed by atoms with Gasteiger partial charge in [-0.15, -0.1) is 0 Å². The van der Waals surface area contributed by atoms with Crippen LogP contribution in [0, 0.1) is 0 Å². The van der Waals surface area contributed by atoms with Crippen LogP contribution in [0.1, 0.15) is 43.0 Å². The average molecular weight is 287 g/mol. The molecular weight excluding hydrogens is 266 g/mol. The Morgan fingerprint density at radius 3 is 3.14 bits per heavy atom. The van der Waals surface area contributed by atoms with Crippen LogP contribution < -0.4 is 15.5 Å². The number of rotatable bonds is 4. The summed E-state index contributed by atoms with van der Waals surface area (Å²) in [6.45, 7) is 3.69. The highest BCUT2D eigenvalue weighted by Crippen LogP contribution is 2.37. The second-order valence-electron chi connectivity index (χ2n) is 5.68. The Balaban J connectivity index is 1.80. The summed E-state index contributed by atoms with van der Waals surface area (Å²) < 4.78 is 0. The number of carbonyl (C=O) groups excluding carboxylic acids is 2. The molecule has 1 fully saturated rings. The molecule has 5 heteroatoms. The third-order valence-corrected chi connectivity index (χ3v) is 4.20. The molecule has 0 radical (unpaired) electrons. The molecule has 2 N–H and O–H groups in total. The van der Waals surface area contributed by atoms with Crippen molar-refractivity contribution in [2.24, 2.45) is 0 Å². The number of fused-ring (bicyclic) bond motifs is 3. The fourth-order valence-electron chi connectivity index (χ4n) is 3.05. The lowest BCUT2D eigenvalue weighted by Gasteiger charge is -2.33. The number of benzene rings is 1. The van der Waals surface area contributed by atoms with Gasteiger partial charge in [0.05, 0.1) is 11.4 Å². The number of carbonyl (C=O) groups is 2. The van der Waals surface area contributed by atoms with Crippen molar-refractivity contribution in [3.63, 3.8) is 0 Å². The van der Waals surface area contributed by atoms with Crippen LogP contribution in [0.2, 0.25) is 0 Å². The normalized spacial score (nSPS) is 19.8. The lowest BCUT2D eigenvalue weighted by molar-refractivity contribution is -0.117. The van der Waals surface area contributed by atoms with E-state index in [1.54, 1.807) is 6.07 Å². The number of nitrogens with zero attached hydrogens (tertiary/aromatic N) is 1. The van der Waals surface area contributed by atoms with Crippen molar-refractivity contribution in [3.8, 4) is 0 Å². The van der Waals surface area contributed by atoms with Crippen molar-refractivity contribution in [1.82, 2.24) is 5.32 Å². The van der Waals surface area contributed by atoms with Gasteiger partial charge in [0, 0.05) is 18.7 Å². The molecule has 0 aromatic heterocycles. The molecule has 2 aliphatic rings. The van der Waals surface area contributed by atoms with Crippen molar-refractivity contribution >= 4 is 23.2 Å². The summed E-state index contributed by atoms with van der Waals surface area (Å²) >= 11 is 0. The molecule has 1 atom stereocenters. The van der Waals surface area contributed by atoms with Gasteiger partial charge >= 0.3 is 0 Å². The summed E-state index contributed by atoms with van der Waals surface area (Å²) in [7, 11) is 0. The maximum absolute atomic E-state index is 12.1. The first kappa shape index (κ1) is 13.9. The molecule has 1 aromatic carbocycles. The minimum Gasteiger partial charge on any atom is -0.358 e. The van der Waals surface area contributed by atoms with Crippen LogP contribution in [0.15, 0.2) is 18.2 Å². The zero-order chi connectivity index (χ0) is 14.8. The molecule has 2 amide bonds. The Hall–Kier alpha value is -2.04. The summed E-state index contributed by atoms with van der Waals surface area (Å²) in [5.74, 6) is -0.0346. The first-order valence-corrected chi connectivity index (χ1v) is 7.70. The maximum Gasteiger partial charge on any atom is 0.251 e. The third-order valence-electron chi connectivity index (χ3n) is 4.20. The number of hydrogen-bond acceptors (Lipinski definition) is 3. The minimum atomic E-state index is -0.0796. The minimum absolute atomic E-state index is 0.0401. The monoisotopic (exact) mass is 287 g/mol. The Morgan fingerprint density at radius 2 is 2.33 bits per heavy atom. The molecule has 1 saturated heterocycles. The van der Waals surface area contributed by atoms with Gasteiger partial charge in [-0.05, 0) is 37.5 Å². The predicted octanol–water partition coefficient (Wildman–Crippen LogP) is 2.14. The number of unbranched alkanes of at least 4 members (excludes halogenated alkanes) is 1. The van der Waals surface area contributed by atoms with Crippen LogP contribution in [-0.2, 0) is 4.79 Å². The number of hydrogen-bond donors (Lipinski definition) is 2. The number of nitrogens with one attached hydrogen (secondary N) is 2. The number of anilines is 2. The van der Waals surface area contributed by atoms with E-state index >= 15 is 0 Å². The Morgan fingerprint density at radius 1 is 1.48 bits per heavy atom. The lowest BCUT2D eigenvalue weighted by atomic mass is 10.1. The average Bonchev–Trinajstić information content (AvgIpc) is 2.97. The van der Waals surface area contributed by atoms with E-state index in [1.165, 1.54) is 0 Å². The zero-order valence-corrected chi connectivity index (χ0v) is 12.3. The third kappa shape index (κ3) is 2.60. The first-order valence-electron chi connectivity index (χ1n) is 7.70. The van der Waals surface area contributed by atoms with E-state index in [0.29, 0.717) is 12.1 Å². The second kappa shape index (κ2) is 5.76. The summed E-state index contributed by atoms with van der Waals surface area (Å²) in [5.41, 5.74) is 2.38. The van der Waals surface area contributed by atoms with Gasteiger partial charge in [-0.3, -0.25) is 9.59 Å². The van der Waals surface area contributed by atoms with Gasteiger partial charge < -0.3 is 15.5 Å². The quantitative estimate of drug-likeness (QED) is 0.834. The van der Waals surface area contributed by atoms with Gasteiger partial charge in [-0.25, -0.2) is 0 Å². The van der Waals surface area contributed by atoms with Crippen molar-refractivity contribution in [3.05, 3.63) is 23.8 Å². The standard InChI is InChI=1S/C16H21N3O2/c1-2-3-8-17-15(20)11-6-7-13-12(10-11)18-16(21)14-5-4-9-19(13)14/h6-7,10,14H,2-5,8-9H2,1H3,(H,17,20)(H,18,21). The highest BCUT2D eigenvalue weighted by Gasteiger charge is 2.36. The topological polar surface area (TPSA) is 61.4 Å². The summed E-state index contributed by atoms with van der Waals surface area (Å²) in [6, 6.07) is 5.53. The van der Waals surface area contributed by atoms with Crippen LogP contribution >= 0.6 is 0 Å². The van der Waals surface area contributed by atoms with E-state index < -0.39 is 0 Å². The maximum atomic E-state index is 12.1. The first-order chi connectivity index (χ1) is 10.2. The summed E-state index contributed by atoms with van der Waals surface area (Å²) in [6.07, 6.45) is 3.97. The van der Waals surface area contributed by atoms with E-state index in [2.05, 4.69) is 22.5 Å². The van der Waals surface area contributed by atoms with Gasteiger partial charge in [0.2, 0.25) is 5.91 Å². The Bertz CT molecular complexity index is 571. The van der Waals surface area contributed by atoms with Gasteiger partial charge in [0.25, 0.3) is 5.91 Å². The van der Waals surface area contributed by atoms with Gasteiger partial charge in [0.1, 0.15) is 6.04 Å². The van der Waals surface area contributed by atoms with Crippen LogP contribution in [0.3, 0.4) is 0 Å². The van der Waals surface area contributed by atoms with Crippen molar-refractivity contribution in [2.75, 3.05) is 23.3 Å². The Kier molecular flexibility index (Phi) is 3.82. The summed E-state index contributed by atoms with van der Waals surface area (Å²) in [5, 5.41) is 5.83. The largest absolute Gasteiger partial charge is 0.358 e. The molecule has 5 nitrogen and oxygen atoms in total. The van der Waals surface area contributed by atoms with E-state index in [1.807, 2.05) is 12.1 Å². The van der Waals surface area contributed by atoms with Gasteiger partial charge in [-0.2, -0.15) is 0 Å². The van der Waals surface area contributed by atoms with Crippen LogP contribution in [-0.4, -0.2) is 30.9 Å². The summed E-state index contributed by atoms with van der Waals surface area (Å²) in [4.78, 5) is 26.3. The highest BCUT2D eigenvalue weighted by atomic mass is 16.2. The predicted molar refractivity (Wildman–Crippen MR) is 82.7 cm³/mol. The molecule has 21 heavy (non-hydrogen) atoms. The molecule has 2 heterocycles. The lowest BCUT2D eigenvalue weighted by Crippen LogP contribution is -2.44. The molecule has 2 aliphatic heterocycles. The van der Waals surface area contributed by atoms with Crippen molar-refractivity contribution < 1.29 is 9.59 Å². The molecule has 1 aromatic rings.